The van der Waals surface area contributed by atoms with Gasteiger partial charge in [0.1, 0.15) is 0 Å². The fraction of sp³-hybridized carbons (Fsp3) is 0.667. The van der Waals surface area contributed by atoms with Gasteiger partial charge in [0.25, 0.3) is 0 Å². The van der Waals surface area contributed by atoms with Gasteiger partial charge in [0.05, 0.1) is 6.54 Å². The molecule has 0 aliphatic carbocycles. The maximum absolute atomic E-state index is 11.2. The van der Waals surface area contributed by atoms with Gasteiger partial charge in [-0.2, -0.15) is 4.98 Å². The Hall–Kier alpha value is -1.43. The van der Waals surface area contributed by atoms with Gasteiger partial charge in [-0.25, -0.2) is 0 Å². The quantitative estimate of drug-likeness (QED) is 0.693. The minimum absolute atomic E-state index is 0.101. The molecular weight excluding hydrogens is 196 g/mol. The second-order valence-corrected chi connectivity index (χ2v) is 3.45. The number of hydrogen-bond acceptors (Lipinski definition) is 5. The molecule has 0 aliphatic heterocycles. The number of hydrogen-bond donors (Lipinski definition) is 1. The number of nitrogens with zero attached hydrogens (tertiary/aromatic N) is 3. The molecule has 0 saturated heterocycles. The molecule has 1 amide bonds. The molecule has 0 unspecified atom stereocenters. The van der Waals surface area contributed by atoms with E-state index in [-0.39, 0.29) is 5.91 Å². The number of carbonyl (C=O) groups excluding carboxylic acids is 1. The maximum atomic E-state index is 11.2. The summed E-state index contributed by atoms with van der Waals surface area (Å²) in [5.41, 5.74) is 0. The van der Waals surface area contributed by atoms with Crippen LogP contribution in [0.4, 0.5) is 0 Å². The molecule has 1 aromatic heterocycles. The fourth-order valence-corrected chi connectivity index (χ4v) is 1.03. The number of carbonyl (C=O) groups is 1. The molecule has 1 heterocycles. The van der Waals surface area contributed by atoms with E-state index in [0.717, 1.165) is 0 Å². The van der Waals surface area contributed by atoms with Gasteiger partial charge in [-0.3, -0.25) is 4.79 Å². The Bertz CT molecular complexity index is 322. The molecule has 0 fully saturated rings. The van der Waals surface area contributed by atoms with E-state index in [1.165, 1.54) is 0 Å². The zero-order valence-corrected chi connectivity index (χ0v) is 9.28. The van der Waals surface area contributed by atoms with E-state index >= 15 is 0 Å². The third kappa shape index (κ3) is 4.07. The van der Waals surface area contributed by atoms with Crippen LogP contribution >= 0.6 is 0 Å². The highest BCUT2D eigenvalue weighted by Crippen LogP contribution is 1.94. The summed E-state index contributed by atoms with van der Waals surface area (Å²) in [4.78, 5) is 16.8. The molecule has 0 saturated carbocycles. The van der Waals surface area contributed by atoms with Crippen LogP contribution in [0.2, 0.25) is 0 Å². The van der Waals surface area contributed by atoms with Crippen molar-refractivity contribution in [1.29, 1.82) is 0 Å². The lowest BCUT2D eigenvalue weighted by molar-refractivity contribution is -0.128. The van der Waals surface area contributed by atoms with Crippen LogP contribution in [0.3, 0.4) is 0 Å². The van der Waals surface area contributed by atoms with Crippen LogP contribution in [-0.4, -0.2) is 41.6 Å². The normalized spacial score (nSPS) is 10.3. The summed E-state index contributed by atoms with van der Waals surface area (Å²) in [6.07, 6.45) is 0.472. The monoisotopic (exact) mass is 212 g/mol. The highest BCUT2D eigenvalue weighted by molar-refractivity contribution is 5.75. The third-order valence-corrected chi connectivity index (χ3v) is 1.86. The van der Waals surface area contributed by atoms with Crippen LogP contribution in [0.15, 0.2) is 4.52 Å². The first-order chi connectivity index (χ1) is 7.09. The SMILES string of the molecule is Cc1noc(CNCCC(=O)N(C)C)n1. The average molecular weight is 212 g/mol. The standard InChI is InChI=1S/C9H16N4O2/c1-7-11-8(15-12-7)6-10-5-4-9(14)13(2)3/h10H,4-6H2,1-3H3. The first kappa shape index (κ1) is 11.6. The number of rotatable bonds is 5. The number of aryl methyl sites for hydroxylation is 1. The molecule has 1 N–H and O–H groups in total. The van der Waals surface area contributed by atoms with Gasteiger partial charge in [-0.15, -0.1) is 0 Å². The predicted octanol–water partition coefficient (Wildman–Crippen LogP) is -0.0541. The Morgan fingerprint density at radius 3 is 2.80 bits per heavy atom. The van der Waals surface area contributed by atoms with E-state index in [4.69, 9.17) is 4.52 Å². The van der Waals surface area contributed by atoms with Gasteiger partial charge >= 0.3 is 0 Å². The van der Waals surface area contributed by atoms with Gasteiger partial charge in [0.2, 0.25) is 11.8 Å². The first-order valence-electron chi connectivity index (χ1n) is 4.79. The molecular formula is C9H16N4O2. The minimum atomic E-state index is 0.101. The van der Waals surface area contributed by atoms with Crippen LogP contribution in [0.1, 0.15) is 18.1 Å². The first-order valence-corrected chi connectivity index (χ1v) is 4.79. The van der Waals surface area contributed by atoms with Crippen LogP contribution < -0.4 is 5.32 Å². The summed E-state index contributed by atoms with van der Waals surface area (Å²) < 4.78 is 4.90. The van der Waals surface area contributed by atoms with Gasteiger partial charge in [-0.1, -0.05) is 5.16 Å². The second-order valence-electron chi connectivity index (χ2n) is 3.45. The summed E-state index contributed by atoms with van der Waals surface area (Å²) in [6.45, 7) is 2.88. The molecule has 0 aliphatic rings. The summed E-state index contributed by atoms with van der Waals surface area (Å²) in [5, 5.41) is 6.71. The van der Waals surface area contributed by atoms with E-state index in [2.05, 4.69) is 15.5 Å². The van der Waals surface area contributed by atoms with Crippen molar-refractivity contribution in [3.63, 3.8) is 0 Å². The van der Waals surface area contributed by atoms with Crippen molar-refractivity contribution in [1.82, 2.24) is 20.4 Å². The Labute approximate surface area is 88.6 Å². The predicted molar refractivity (Wildman–Crippen MR) is 54.1 cm³/mol. The lowest BCUT2D eigenvalue weighted by atomic mass is 10.4. The van der Waals surface area contributed by atoms with E-state index < -0.39 is 0 Å². The summed E-state index contributed by atoms with van der Waals surface area (Å²) in [5.74, 6) is 1.27. The van der Waals surface area contributed by atoms with Crippen molar-refractivity contribution < 1.29 is 9.32 Å². The highest BCUT2D eigenvalue weighted by atomic mass is 16.5. The third-order valence-electron chi connectivity index (χ3n) is 1.86. The van der Waals surface area contributed by atoms with Crippen molar-refractivity contribution in [2.24, 2.45) is 0 Å². The van der Waals surface area contributed by atoms with Crippen LogP contribution in [-0.2, 0) is 11.3 Å². The van der Waals surface area contributed by atoms with Crippen molar-refractivity contribution in [3.8, 4) is 0 Å². The zero-order chi connectivity index (χ0) is 11.3. The average Bonchev–Trinajstić information content (AvgIpc) is 2.58. The van der Waals surface area contributed by atoms with Crippen molar-refractivity contribution in [2.45, 2.75) is 19.9 Å². The molecule has 0 spiro atoms. The molecule has 6 heteroatoms. The number of nitrogens with one attached hydrogen (secondary N) is 1. The minimum Gasteiger partial charge on any atom is -0.349 e. The Balaban J connectivity index is 2.15. The largest absolute Gasteiger partial charge is 0.349 e. The van der Waals surface area contributed by atoms with Gasteiger partial charge in [0, 0.05) is 27.1 Å². The molecule has 1 rings (SSSR count). The molecule has 84 valence electrons. The van der Waals surface area contributed by atoms with Gasteiger partial charge < -0.3 is 14.7 Å². The molecule has 0 bridgehead atoms. The Kier molecular flexibility index (Phi) is 4.23. The van der Waals surface area contributed by atoms with Crippen LogP contribution in [0.5, 0.6) is 0 Å². The van der Waals surface area contributed by atoms with E-state index in [1.54, 1.807) is 25.9 Å². The Morgan fingerprint density at radius 1 is 1.53 bits per heavy atom. The molecule has 0 atom stereocenters. The summed E-state index contributed by atoms with van der Waals surface area (Å²) in [7, 11) is 3.48. The summed E-state index contributed by atoms with van der Waals surface area (Å²) in [6, 6.07) is 0. The molecule has 15 heavy (non-hydrogen) atoms. The molecule has 6 nitrogen and oxygen atoms in total. The lowest BCUT2D eigenvalue weighted by Gasteiger charge is -2.09. The van der Waals surface area contributed by atoms with Crippen LogP contribution in [0, 0.1) is 6.92 Å². The molecule has 0 radical (unpaired) electrons. The van der Waals surface area contributed by atoms with Crippen molar-refractivity contribution in [2.75, 3.05) is 20.6 Å². The molecule has 0 aromatic carbocycles. The zero-order valence-electron chi connectivity index (χ0n) is 9.28. The Morgan fingerprint density at radius 2 is 2.27 bits per heavy atom. The van der Waals surface area contributed by atoms with Gasteiger partial charge in [0.15, 0.2) is 5.82 Å². The smallest absolute Gasteiger partial charge is 0.240 e. The highest BCUT2D eigenvalue weighted by Gasteiger charge is 2.04. The maximum Gasteiger partial charge on any atom is 0.240 e. The fourth-order valence-electron chi connectivity index (χ4n) is 1.03. The number of amides is 1. The topological polar surface area (TPSA) is 71.3 Å². The van der Waals surface area contributed by atoms with Gasteiger partial charge in [-0.05, 0) is 6.92 Å². The lowest BCUT2D eigenvalue weighted by Crippen LogP contribution is -2.26. The van der Waals surface area contributed by atoms with Crippen molar-refractivity contribution in [3.05, 3.63) is 11.7 Å². The second kappa shape index (κ2) is 5.45. The van der Waals surface area contributed by atoms with Crippen molar-refractivity contribution >= 4 is 5.91 Å². The van der Waals surface area contributed by atoms with E-state index in [9.17, 15) is 4.79 Å². The van der Waals surface area contributed by atoms with E-state index in [0.29, 0.717) is 31.2 Å². The summed E-state index contributed by atoms with van der Waals surface area (Å²) >= 11 is 0. The number of aromatic nitrogens is 2. The van der Waals surface area contributed by atoms with E-state index in [1.807, 2.05) is 0 Å². The molecule has 1 aromatic rings. The van der Waals surface area contributed by atoms with Crippen LogP contribution in [0.25, 0.3) is 0 Å².